The third-order valence-corrected chi connectivity index (χ3v) is 3.00. The van der Waals surface area contributed by atoms with E-state index in [4.69, 9.17) is 27.4 Å². The van der Waals surface area contributed by atoms with Crippen LogP contribution < -0.4 is 5.32 Å². The van der Waals surface area contributed by atoms with E-state index >= 15 is 0 Å². The molecule has 0 fully saturated rings. The van der Waals surface area contributed by atoms with Crippen LogP contribution in [0.15, 0.2) is 23.9 Å². The Hall–Kier alpha value is -1.75. The van der Waals surface area contributed by atoms with Crippen LogP contribution >= 0.6 is 34.2 Å². The summed E-state index contributed by atoms with van der Waals surface area (Å²) in [7, 11) is 0. The highest BCUT2D eigenvalue weighted by atomic mass is 127. The van der Waals surface area contributed by atoms with Crippen molar-refractivity contribution >= 4 is 39.9 Å². The average molecular weight is 355 g/mol. The molecule has 17 heavy (non-hydrogen) atoms. The fourth-order valence-electron chi connectivity index (χ4n) is 0.983. The smallest absolute Gasteiger partial charge is 0.145 e. The predicted molar refractivity (Wildman–Crippen MR) is 71.8 cm³/mol. The zero-order chi connectivity index (χ0) is 12.8. The normalized spacial score (nSPS) is 8.41. The molecule has 1 aromatic rings. The van der Waals surface area contributed by atoms with Gasteiger partial charge in [0.2, 0.25) is 0 Å². The van der Waals surface area contributed by atoms with E-state index in [9.17, 15) is 0 Å². The average Bonchev–Trinajstić information content (AvgIpc) is 2.34. The molecule has 4 nitrogen and oxygen atoms in total. The molecule has 0 amide bonds. The van der Waals surface area contributed by atoms with E-state index in [0.29, 0.717) is 16.3 Å². The Morgan fingerprint density at radius 2 is 1.94 bits per heavy atom. The van der Waals surface area contributed by atoms with Crippen molar-refractivity contribution in [2.45, 2.75) is 0 Å². The number of allylic oxidation sites excluding steroid dienone is 1. The minimum absolute atomic E-state index is 0.0405. The molecule has 0 unspecified atom stereocenters. The van der Waals surface area contributed by atoms with Crippen molar-refractivity contribution in [2.75, 3.05) is 5.32 Å². The van der Waals surface area contributed by atoms with Crippen molar-refractivity contribution in [1.82, 2.24) is 0 Å². The molecule has 0 heterocycles. The Kier molecular flexibility index (Phi) is 4.78. The van der Waals surface area contributed by atoms with E-state index in [2.05, 4.69) is 5.32 Å². The maximum atomic E-state index is 8.77. The van der Waals surface area contributed by atoms with E-state index in [0.717, 1.165) is 3.57 Å². The lowest BCUT2D eigenvalue weighted by atomic mass is 10.2. The fourth-order valence-corrected chi connectivity index (χ4v) is 1.81. The predicted octanol–water partition coefficient (Wildman–Crippen LogP) is 3.16. The van der Waals surface area contributed by atoms with Gasteiger partial charge in [-0.3, -0.25) is 0 Å². The van der Waals surface area contributed by atoms with Crippen LogP contribution in [-0.4, -0.2) is 0 Å². The number of benzene rings is 1. The number of anilines is 1. The minimum atomic E-state index is -0.0405. The second-order valence-corrected chi connectivity index (χ2v) is 4.42. The summed E-state index contributed by atoms with van der Waals surface area (Å²) in [6.07, 6.45) is 1.29. The fraction of sp³-hybridized carbons (Fsp3) is 0. The molecule has 0 saturated heterocycles. The van der Waals surface area contributed by atoms with Crippen LogP contribution in [0.2, 0.25) is 5.02 Å². The lowest BCUT2D eigenvalue weighted by Crippen LogP contribution is -1.94. The van der Waals surface area contributed by atoms with Gasteiger partial charge in [0.1, 0.15) is 23.8 Å². The van der Waals surface area contributed by atoms with Gasteiger partial charge in [-0.1, -0.05) is 11.6 Å². The van der Waals surface area contributed by atoms with Crippen molar-refractivity contribution in [3.05, 3.63) is 38.1 Å². The van der Waals surface area contributed by atoms with Crippen molar-refractivity contribution < 1.29 is 0 Å². The summed E-state index contributed by atoms with van der Waals surface area (Å²) in [5, 5.41) is 29.0. The number of hydrogen-bond donors (Lipinski definition) is 1. The van der Waals surface area contributed by atoms with Gasteiger partial charge < -0.3 is 5.32 Å². The third-order valence-electron chi connectivity index (χ3n) is 1.79. The molecule has 0 spiro atoms. The second-order valence-electron chi connectivity index (χ2n) is 2.85. The first-order valence-electron chi connectivity index (χ1n) is 4.28. The molecule has 0 aliphatic rings. The highest BCUT2D eigenvalue weighted by Gasteiger charge is 2.05. The van der Waals surface area contributed by atoms with Crippen molar-refractivity contribution in [1.29, 1.82) is 15.8 Å². The molecule has 0 atom stereocenters. The highest BCUT2D eigenvalue weighted by molar-refractivity contribution is 14.1. The van der Waals surface area contributed by atoms with E-state index < -0.39 is 0 Å². The molecule has 1 N–H and O–H groups in total. The molecular formula is C11H4ClIN4. The summed E-state index contributed by atoms with van der Waals surface area (Å²) in [5.74, 6) is 0. The standard InChI is InChI=1S/C11H4ClIN4/c12-9-2-11(10(13)1-8(9)5-16)17-6-7(3-14)4-15/h1-2,6,17H. The van der Waals surface area contributed by atoms with Crippen LogP contribution in [0.1, 0.15) is 5.56 Å². The van der Waals surface area contributed by atoms with Gasteiger partial charge in [0.25, 0.3) is 0 Å². The largest absolute Gasteiger partial charge is 0.359 e. The summed E-state index contributed by atoms with van der Waals surface area (Å²) >= 11 is 7.90. The van der Waals surface area contributed by atoms with Gasteiger partial charge in [-0.2, -0.15) is 15.8 Å². The quantitative estimate of drug-likeness (QED) is 0.653. The van der Waals surface area contributed by atoms with Crippen LogP contribution in [-0.2, 0) is 0 Å². The number of hydrogen-bond acceptors (Lipinski definition) is 4. The minimum Gasteiger partial charge on any atom is -0.359 e. The van der Waals surface area contributed by atoms with E-state index in [-0.39, 0.29) is 5.57 Å². The molecule has 0 aliphatic heterocycles. The van der Waals surface area contributed by atoms with Gasteiger partial charge in [0, 0.05) is 9.77 Å². The summed E-state index contributed by atoms with van der Waals surface area (Å²) in [6, 6.07) is 8.62. The molecule has 6 heteroatoms. The van der Waals surface area contributed by atoms with Crippen LogP contribution in [0.4, 0.5) is 5.69 Å². The van der Waals surface area contributed by atoms with Gasteiger partial charge >= 0.3 is 0 Å². The molecule has 0 saturated carbocycles. The van der Waals surface area contributed by atoms with E-state index in [1.807, 2.05) is 28.7 Å². The Bertz CT molecular complexity index is 586. The number of nitriles is 3. The summed E-state index contributed by atoms with van der Waals surface area (Å²) < 4.78 is 0.773. The number of nitrogens with one attached hydrogen (secondary N) is 1. The van der Waals surface area contributed by atoms with Crippen LogP contribution in [0, 0.1) is 37.6 Å². The Morgan fingerprint density at radius 3 is 2.47 bits per heavy atom. The Labute approximate surface area is 117 Å². The first-order valence-corrected chi connectivity index (χ1v) is 5.74. The maximum Gasteiger partial charge on any atom is 0.145 e. The van der Waals surface area contributed by atoms with Gasteiger partial charge in [-0.25, -0.2) is 0 Å². The highest BCUT2D eigenvalue weighted by Crippen LogP contribution is 2.26. The molecular weight excluding hydrogens is 351 g/mol. The van der Waals surface area contributed by atoms with Gasteiger partial charge in [0.05, 0.1) is 16.3 Å². The lowest BCUT2D eigenvalue weighted by molar-refractivity contribution is 1.43. The second kappa shape index (κ2) is 6.10. The van der Waals surface area contributed by atoms with Crippen LogP contribution in [0.25, 0.3) is 0 Å². The topological polar surface area (TPSA) is 83.4 Å². The zero-order valence-electron chi connectivity index (χ0n) is 8.33. The first-order chi connectivity index (χ1) is 8.12. The Morgan fingerprint density at radius 1 is 1.29 bits per heavy atom. The van der Waals surface area contributed by atoms with Crippen LogP contribution in [0.3, 0.4) is 0 Å². The van der Waals surface area contributed by atoms with Gasteiger partial charge in [0.15, 0.2) is 0 Å². The lowest BCUT2D eigenvalue weighted by Gasteiger charge is -2.05. The molecule has 1 aromatic carbocycles. The molecule has 0 bridgehead atoms. The maximum absolute atomic E-state index is 8.77. The van der Waals surface area contributed by atoms with E-state index in [1.165, 1.54) is 6.20 Å². The van der Waals surface area contributed by atoms with Crippen molar-refractivity contribution in [3.8, 4) is 18.2 Å². The van der Waals surface area contributed by atoms with Gasteiger partial charge in [-0.05, 0) is 34.7 Å². The summed E-state index contributed by atoms with van der Waals surface area (Å²) in [6.45, 7) is 0. The van der Waals surface area contributed by atoms with Crippen LogP contribution in [0.5, 0.6) is 0 Å². The van der Waals surface area contributed by atoms with E-state index in [1.54, 1.807) is 24.3 Å². The first kappa shape index (κ1) is 13.3. The van der Waals surface area contributed by atoms with Crippen molar-refractivity contribution in [3.63, 3.8) is 0 Å². The molecule has 82 valence electrons. The SMILES string of the molecule is N#CC(C#N)=CNc1cc(Cl)c(C#N)cc1I. The Balaban J connectivity index is 3.08. The molecule has 0 aliphatic carbocycles. The summed E-state index contributed by atoms with van der Waals surface area (Å²) in [5.41, 5.74) is 0.977. The molecule has 0 radical (unpaired) electrons. The summed E-state index contributed by atoms with van der Waals surface area (Å²) in [4.78, 5) is 0. The number of halogens is 2. The number of rotatable bonds is 2. The third kappa shape index (κ3) is 3.35. The molecule has 0 aromatic heterocycles. The monoisotopic (exact) mass is 354 g/mol. The zero-order valence-corrected chi connectivity index (χ0v) is 11.2. The number of nitrogens with zero attached hydrogens (tertiary/aromatic N) is 3. The molecule has 1 rings (SSSR count). The van der Waals surface area contributed by atoms with Gasteiger partial charge in [-0.15, -0.1) is 0 Å². The van der Waals surface area contributed by atoms with Crippen molar-refractivity contribution in [2.24, 2.45) is 0 Å².